The molecule has 26 heavy (non-hydrogen) atoms. The number of carbonyl (C=O) groups excluding carboxylic acids is 3. The van der Waals surface area contributed by atoms with Gasteiger partial charge in [0.1, 0.15) is 0 Å². The van der Waals surface area contributed by atoms with E-state index in [2.05, 4.69) is 10.4 Å². The zero-order chi connectivity index (χ0) is 19.1. The number of carbonyl (C=O) groups is 3. The zero-order valence-corrected chi connectivity index (χ0v) is 15.3. The maximum atomic E-state index is 11.8. The normalized spacial score (nSPS) is 10.4. The van der Waals surface area contributed by atoms with E-state index < -0.39 is 24.4 Å². The van der Waals surface area contributed by atoms with Crippen LogP contribution in [-0.2, 0) is 19.1 Å². The molecule has 0 saturated carbocycles. The van der Waals surface area contributed by atoms with Gasteiger partial charge in [-0.1, -0.05) is 18.2 Å². The van der Waals surface area contributed by atoms with Gasteiger partial charge in [0.2, 0.25) is 5.91 Å². The van der Waals surface area contributed by atoms with E-state index in [4.69, 9.17) is 10.5 Å². The van der Waals surface area contributed by atoms with Crippen LogP contribution in [0.2, 0.25) is 0 Å². The Bertz CT molecular complexity index is 805. The van der Waals surface area contributed by atoms with E-state index in [0.717, 1.165) is 22.0 Å². The number of nitrogens with two attached hydrogens (primary N) is 1. The van der Waals surface area contributed by atoms with Crippen LogP contribution in [0.1, 0.15) is 11.4 Å². The molecule has 1 aromatic carbocycles. The van der Waals surface area contributed by atoms with E-state index in [1.54, 1.807) is 0 Å². The molecule has 0 aliphatic rings. The second-order valence-corrected chi connectivity index (χ2v) is 6.43. The van der Waals surface area contributed by atoms with Gasteiger partial charge in [-0.25, -0.2) is 4.68 Å². The van der Waals surface area contributed by atoms with Gasteiger partial charge in [0.25, 0.3) is 5.91 Å². The summed E-state index contributed by atoms with van der Waals surface area (Å²) in [7, 11) is 0. The van der Waals surface area contributed by atoms with Crippen molar-refractivity contribution in [1.29, 1.82) is 0 Å². The lowest BCUT2D eigenvalue weighted by Crippen LogP contribution is -2.36. The lowest BCUT2D eigenvalue weighted by Gasteiger charge is -2.06. The third-order valence-electron chi connectivity index (χ3n) is 3.38. The fraction of sp³-hybridized carbons (Fsp3) is 0.294. The Morgan fingerprint density at radius 3 is 2.58 bits per heavy atom. The second kappa shape index (κ2) is 9.04. The van der Waals surface area contributed by atoms with Gasteiger partial charge < -0.3 is 15.8 Å². The van der Waals surface area contributed by atoms with E-state index in [-0.39, 0.29) is 12.3 Å². The molecule has 138 valence electrons. The number of nitrogens with zero attached hydrogens (tertiary/aromatic N) is 2. The highest BCUT2D eigenvalue weighted by molar-refractivity contribution is 8.00. The minimum Gasteiger partial charge on any atom is -0.455 e. The molecule has 1 heterocycles. The number of amides is 2. The maximum Gasteiger partial charge on any atom is 0.316 e. The average molecular weight is 376 g/mol. The van der Waals surface area contributed by atoms with Crippen LogP contribution in [0.5, 0.6) is 0 Å². The number of benzene rings is 1. The van der Waals surface area contributed by atoms with E-state index in [9.17, 15) is 14.4 Å². The molecule has 0 aliphatic carbocycles. The SMILES string of the molecule is Cc1nn(-c2ccccc2)c(C)c1SCC(=O)OCC(=O)NCC(N)=O. The molecule has 2 rings (SSSR count). The number of rotatable bonds is 8. The topological polar surface area (TPSA) is 116 Å². The van der Waals surface area contributed by atoms with Crippen molar-refractivity contribution in [3.8, 4) is 5.69 Å². The summed E-state index contributed by atoms with van der Waals surface area (Å²) in [4.78, 5) is 34.6. The minimum atomic E-state index is -0.665. The summed E-state index contributed by atoms with van der Waals surface area (Å²) >= 11 is 1.30. The van der Waals surface area contributed by atoms with E-state index in [1.807, 2.05) is 48.9 Å². The van der Waals surface area contributed by atoms with Gasteiger partial charge >= 0.3 is 5.97 Å². The highest BCUT2D eigenvalue weighted by Gasteiger charge is 2.16. The maximum absolute atomic E-state index is 11.8. The molecule has 9 heteroatoms. The molecule has 8 nitrogen and oxygen atoms in total. The van der Waals surface area contributed by atoms with Crippen LogP contribution in [0.25, 0.3) is 5.69 Å². The first kappa shape index (κ1) is 19.5. The quantitative estimate of drug-likeness (QED) is 0.518. The summed E-state index contributed by atoms with van der Waals surface area (Å²) in [5.41, 5.74) is 7.58. The van der Waals surface area contributed by atoms with Crippen LogP contribution in [0, 0.1) is 13.8 Å². The summed E-state index contributed by atoms with van der Waals surface area (Å²) in [5.74, 6) is -1.73. The first-order valence-corrected chi connectivity index (χ1v) is 8.82. The first-order chi connectivity index (χ1) is 12.4. The third kappa shape index (κ3) is 5.35. The van der Waals surface area contributed by atoms with Gasteiger partial charge in [0.05, 0.1) is 34.3 Å². The molecule has 0 saturated heterocycles. The summed E-state index contributed by atoms with van der Waals surface area (Å²) < 4.78 is 6.70. The fourth-order valence-electron chi connectivity index (χ4n) is 2.21. The van der Waals surface area contributed by atoms with Gasteiger partial charge in [-0.15, -0.1) is 11.8 Å². The average Bonchev–Trinajstić information content (AvgIpc) is 2.91. The van der Waals surface area contributed by atoms with Crippen molar-refractivity contribution in [1.82, 2.24) is 15.1 Å². The Morgan fingerprint density at radius 1 is 1.23 bits per heavy atom. The largest absolute Gasteiger partial charge is 0.455 e. The number of ether oxygens (including phenoxy) is 1. The van der Waals surface area contributed by atoms with Crippen molar-refractivity contribution in [3.05, 3.63) is 41.7 Å². The van der Waals surface area contributed by atoms with Crippen LogP contribution >= 0.6 is 11.8 Å². The predicted molar refractivity (Wildman–Crippen MR) is 96.9 cm³/mol. The molecule has 0 spiro atoms. The predicted octanol–water partition coefficient (Wildman–Crippen LogP) is 0.726. The number of hydrogen-bond acceptors (Lipinski definition) is 6. The Hall–Kier alpha value is -2.81. The molecule has 1 aromatic heterocycles. The molecule has 0 unspecified atom stereocenters. The fourth-order valence-corrected chi connectivity index (χ4v) is 3.10. The first-order valence-electron chi connectivity index (χ1n) is 7.83. The van der Waals surface area contributed by atoms with Crippen LogP contribution in [0.15, 0.2) is 35.2 Å². The van der Waals surface area contributed by atoms with Gasteiger partial charge in [-0.05, 0) is 26.0 Å². The van der Waals surface area contributed by atoms with Gasteiger partial charge in [-0.3, -0.25) is 14.4 Å². The van der Waals surface area contributed by atoms with Gasteiger partial charge in [-0.2, -0.15) is 5.10 Å². The van der Waals surface area contributed by atoms with Crippen LogP contribution in [0.3, 0.4) is 0 Å². The number of thioether (sulfide) groups is 1. The number of aryl methyl sites for hydroxylation is 1. The van der Waals surface area contributed by atoms with Crippen molar-refractivity contribution in [2.75, 3.05) is 18.9 Å². The number of aromatic nitrogens is 2. The van der Waals surface area contributed by atoms with Gasteiger partial charge in [0, 0.05) is 0 Å². The molecule has 0 radical (unpaired) electrons. The second-order valence-electron chi connectivity index (χ2n) is 5.44. The molecular formula is C17H20N4O4S. The van der Waals surface area contributed by atoms with Crippen LogP contribution in [0.4, 0.5) is 0 Å². The Morgan fingerprint density at radius 2 is 1.92 bits per heavy atom. The van der Waals surface area contributed by atoms with Crippen LogP contribution < -0.4 is 11.1 Å². The lowest BCUT2D eigenvalue weighted by atomic mass is 10.3. The van der Waals surface area contributed by atoms with E-state index >= 15 is 0 Å². The zero-order valence-electron chi connectivity index (χ0n) is 14.5. The number of para-hydroxylation sites is 1. The van der Waals surface area contributed by atoms with Gasteiger partial charge in [0.15, 0.2) is 6.61 Å². The van der Waals surface area contributed by atoms with Crippen molar-refractivity contribution >= 4 is 29.5 Å². The van der Waals surface area contributed by atoms with Crippen molar-refractivity contribution in [2.45, 2.75) is 18.7 Å². The molecule has 0 atom stereocenters. The van der Waals surface area contributed by atoms with E-state index in [1.165, 1.54) is 11.8 Å². The molecule has 0 aliphatic heterocycles. The highest BCUT2D eigenvalue weighted by Crippen LogP contribution is 2.27. The van der Waals surface area contributed by atoms with E-state index in [0.29, 0.717) is 0 Å². The van der Waals surface area contributed by atoms with Crippen molar-refractivity contribution < 1.29 is 19.1 Å². The summed E-state index contributed by atoms with van der Waals surface area (Å²) in [6, 6.07) is 9.69. The van der Waals surface area contributed by atoms with Crippen molar-refractivity contribution in [2.24, 2.45) is 5.73 Å². The minimum absolute atomic E-state index is 0.0469. The smallest absolute Gasteiger partial charge is 0.316 e. The number of nitrogens with one attached hydrogen (secondary N) is 1. The summed E-state index contributed by atoms with van der Waals surface area (Å²) in [6.07, 6.45) is 0. The standard InChI is InChI=1S/C17H20N4O4S/c1-11-17(12(2)21(20-11)13-6-4-3-5-7-13)26-10-16(24)25-9-15(23)19-8-14(18)22/h3-7H,8-10H2,1-2H3,(H2,18,22)(H,19,23). The molecular weight excluding hydrogens is 356 g/mol. The monoisotopic (exact) mass is 376 g/mol. The Balaban J connectivity index is 1.89. The number of primary amides is 1. The lowest BCUT2D eigenvalue weighted by molar-refractivity contribution is -0.146. The Kier molecular flexibility index (Phi) is 6.79. The number of esters is 1. The van der Waals surface area contributed by atoms with Crippen molar-refractivity contribution in [3.63, 3.8) is 0 Å². The van der Waals surface area contributed by atoms with Crippen LogP contribution in [-0.4, -0.2) is 46.5 Å². The summed E-state index contributed by atoms with van der Waals surface area (Å²) in [5, 5.41) is 6.75. The molecule has 3 N–H and O–H groups in total. The Labute approximate surface area is 155 Å². The molecule has 2 amide bonds. The summed E-state index contributed by atoms with van der Waals surface area (Å²) in [6.45, 7) is 3.06. The molecule has 2 aromatic rings. The molecule has 0 bridgehead atoms. The number of hydrogen-bond donors (Lipinski definition) is 2. The third-order valence-corrected chi connectivity index (χ3v) is 4.64. The highest BCUT2D eigenvalue weighted by atomic mass is 32.2. The molecule has 0 fully saturated rings.